The Morgan fingerprint density at radius 2 is 1.59 bits per heavy atom. The van der Waals surface area contributed by atoms with Crippen molar-refractivity contribution in [1.82, 2.24) is 0 Å². The highest BCUT2D eigenvalue weighted by molar-refractivity contribution is 7.88. The van der Waals surface area contributed by atoms with Crippen LogP contribution in [0.3, 0.4) is 0 Å². The number of halogens is 6. The van der Waals surface area contributed by atoms with Crippen molar-refractivity contribution in [2.24, 2.45) is 0 Å². The predicted molar refractivity (Wildman–Crippen MR) is 55.1 cm³/mol. The summed E-state index contributed by atoms with van der Waals surface area (Å²) in [7, 11) is -7.04. The maximum absolute atomic E-state index is 12.7. The lowest BCUT2D eigenvalue weighted by Gasteiger charge is -2.32. The molecule has 1 unspecified atom stereocenters. The van der Waals surface area contributed by atoms with Crippen molar-refractivity contribution in [3.05, 3.63) is 0 Å². The second-order valence-corrected chi connectivity index (χ2v) is 5.97. The first-order valence-corrected chi connectivity index (χ1v) is 6.94. The molecule has 0 aromatic rings. The van der Waals surface area contributed by atoms with Gasteiger partial charge in [-0.3, -0.25) is 9.35 Å². The Balaban J connectivity index is 3.44. The fourth-order valence-corrected chi connectivity index (χ4v) is 2.75. The van der Waals surface area contributed by atoms with Crippen molar-refractivity contribution >= 4 is 21.9 Å². The van der Waals surface area contributed by atoms with Crippen molar-refractivity contribution in [3.63, 3.8) is 0 Å². The van der Waals surface area contributed by atoms with Crippen LogP contribution < -0.4 is 0 Å². The van der Waals surface area contributed by atoms with Gasteiger partial charge in [0.2, 0.25) is 0 Å². The molecule has 1 aliphatic rings. The van der Waals surface area contributed by atoms with E-state index in [1.165, 1.54) is 0 Å². The van der Waals surface area contributed by atoms with Crippen LogP contribution in [0.5, 0.6) is 0 Å². The third-order valence-corrected chi connectivity index (χ3v) is 4.37. The fourth-order valence-electron chi connectivity index (χ4n) is 1.91. The van der Waals surface area contributed by atoms with Gasteiger partial charge < -0.3 is 4.74 Å². The van der Waals surface area contributed by atoms with Gasteiger partial charge in [0, 0.05) is 6.42 Å². The number of hydrogen-bond donors (Lipinski definition) is 1. The number of alkyl halides is 6. The zero-order chi connectivity index (χ0) is 17.6. The number of rotatable bonds is 3. The molecule has 1 aliphatic carbocycles. The largest absolute Gasteiger partial charge is 0.453 e. The summed E-state index contributed by atoms with van der Waals surface area (Å²) in [5.41, 5.74) is 0. The topological polar surface area (TPSA) is 97.7 Å². The molecule has 0 radical (unpaired) electrons. The molecule has 0 aromatic heterocycles. The van der Waals surface area contributed by atoms with Gasteiger partial charge in [0.25, 0.3) is 0 Å². The van der Waals surface area contributed by atoms with Crippen LogP contribution in [0.25, 0.3) is 0 Å². The maximum Gasteiger partial charge on any atom is 0.430 e. The third-order valence-electron chi connectivity index (χ3n) is 2.97. The number of carbonyl (C=O) groups is 2. The number of ether oxygens (including phenoxy) is 1. The van der Waals surface area contributed by atoms with E-state index in [2.05, 4.69) is 4.74 Å². The summed E-state index contributed by atoms with van der Waals surface area (Å²) in [5.74, 6) is -4.25. The SMILES string of the molecule is O=C1CCCC1OC(=O)C(C(F)(F)F)(C(F)(F)F)S(=O)(=O)O. The minimum absolute atomic E-state index is 0.0493. The number of ketones is 1. The zero-order valence-corrected chi connectivity index (χ0v) is 11.2. The molecular formula is C9H8F6O6S. The zero-order valence-electron chi connectivity index (χ0n) is 10.4. The lowest BCUT2D eigenvalue weighted by Crippen LogP contribution is -2.67. The van der Waals surface area contributed by atoms with Crippen molar-refractivity contribution < 1.29 is 53.6 Å². The van der Waals surface area contributed by atoms with E-state index in [1.54, 1.807) is 0 Å². The van der Waals surface area contributed by atoms with Gasteiger partial charge in [-0.05, 0) is 12.8 Å². The Labute approximate surface area is 119 Å². The molecule has 0 aliphatic heterocycles. The molecule has 0 heterocycles. The molecule has 1 rings (SSSR count). The highest BCUT2D eigenvalue weighted by Crippen LogP contribution is 2.49. The number of hydrogen-bond acceptors (Lipinski definition) is 5. The van der Waals surface area contributed by atoms with Gasteiger partial charge in [0.05, 0.1) is 0 Å². The van der Waals surface area contributed by atoms with Gasteiger partial charge in [-0.2, -0.15) is 34.8 Å². The predicted octanol–water partition coefficient (Wildman–Crippen LogP) is 1.40. The average Bonchev–Trinajstić information content (AvgIpc) is 2.57. The molecule has 0 aromatic carbocycles. The van der Waals surface area contributed by atoms with Crippen molar-refractivity contribution in [3.8, 4) is 0 Å². The summed E-state index contributed by atoms with van der Waals surface area (Å²) >= 11 is 0. The van der Waals surface area contributed by atoms with Crippen molar-refractivity contribution in [2.75, 3.05) is 0 Å². The monoisotopic (exact) mass is 358 g/mol. The van der Waals surface area contributed by atoms with Gasteiger partial charge in [0.15, 0.2) is 11.9 Å². The summed E-state index contributed by atoms with van der Waals surface area (Å²) in [6, 6.07) is 0. The molecule has 128 valence electrons. The van der Waals surface area contributed by atoms with Gasteiger partial charge in [-0.15, -0.1) is 0 Å². The minimum Gasteiger partial charge on any atom is -0.453 e. The number of carbonyl (C=O) groups excluding carboxylic acids is 2. The first-order valence-electron chi connectivity index (χ1n) is 5.50. The first kappa shape index (κ1) is 18.7. The van der Waals surface area contributed by atoms with Gasteiger partial charge in [0.1, 0.15) is 0 Å². The van der Waals surface area contributed by atoms with E-state index in [4.69, 9.17) is 4.55 Å². The second-order valence-electron chi connectivity index (χ2n) is 4.40. The Hall–Kier alpha value is -1.37. The van der Waals surface area contributed by atoms with Crippen LogP contribution in [0.1, 0.15) is 19.3 Å². The van der Waals surface area contributed by atoms with E-state index in [9.17, 15) is 44.3 Å². The summed E-state index contributed by atoms with van der Waals surface area (Å²) in [5, 5.41) is 0. The normalized spacial score (nSPS) is 21.0. The lowest BCUT2D eigenvalue weighted by atomic mass is 10.1. The summed E-state index contributed by atoms with van der Waals surface area (Å²) in [6.45, 7) is 0. The molecule has 0 saturated heterocycles. The molecule has 13 heteroatoms. The van der Waals surface area contributed by atoms with Gasteiger partial charge in [-0.25, -0.2) is 4.79 Å². The molecule has 1 saturated carbocycles. The number of Topliss-reactive ketones (excluding diaryl/α,β-unsaturated/α-hetero) is 1. The van der Waals surface area contributed by atoms with Crippen LogP contribution in [0.4, 0.5) is 26.3 Å². The quantitative estimate of drug-likeness (QED) is 0.465. The van der Waals surface area contributed by atoms with Gasteiger partial charge >= 0.3 is 33.2 Å². The molecule has 1 N–H and O–H groups in total. The highest BCUT2D eigenvalue weighted by atomic mass is 32.2. The molecule has 22 heavy (non-hydrogen) atoms. The smallest absolute Gasteiger partial charge is 0.430 e. The highest BCUT2D eigenvalue weighted by Gasteiger charge is 2.85. The fraction of sp³-hybridized carbons (Fsp3) is 0.778. The molecule has 1 fully saturated rings. The Morgan fingerprint density at radius 3 is 1.86 bits per heavy atom. The molecule has 1 atom stereocenters. The molecular weight excluding hydrogens is 350 g/mol. The van der Waals surface area contributed by atoms with Crippen LogP contribution in [0, 0.1) is 0 Å². The third kappa shape index (κ3) is 2.78. The summed E-state index contributed by atoms with van der Waals surface area (Å²) < 4.78 is 104. The summed E-state index contributed by atoms with van der Waals surface area (Å²) in [6.07, 6.45) is -16.0. The Kier molecular flexibility index (Phi) is 4.56. The Morgan fingerprint density at radius 1 is 1.14 bits per heavy atom. The van der Waals surface area contributed by atoms with E-state index in [-0.39, 0.29) is 19.3 Å². The molecule has 6 nitrogen and oxygen atoms in total. The molecule has 0 amide bonds. The van der Waals surface area contributed by atoms with E-state index < -0.39 is 45.1 Å². The summed E-state index contributed by atoms with van der Waals surface area (Å²) in [4.78, 5) is 22.5. The Bertz CT molecular complexity index is 562. The van der Waals surface area contributed by atoms with E-state index in [0.29, 0.717) is 0 Å². The van der Waals surface area contributed by atoms with Crippen molar-refractivity contribution in [2.45, 2.75) is 42.5 Å². The van der Waals surface area contributed by atoms with E-state index >= 15 is 0 Å². The minimum atomic E-state index is -7.04. The van der Waals surface area contributed by atoms with Crippen LogP contribution >= 0.6 is 0 Å². The second kappa shape index (κ2) is 5.37. The van der Waals surface area contributed by atoms with Crippen LogP contribution in [0.2, 0.25) is 0 Å². The van der Waals surface area contributed by atoms with Crippen LogP contribution in [-0.4, -0.2) is 47.9 Å². The lowest BCUT2D eigenvalue weighted by molar-refractivity contribution is -0.269. The molecule has 0 spiro atoms. The standard InChI is InChI=1S/C9H8F6O6S/c10-8(11,12)7(9(13,14)15,22(18,19)20)6(17)21-5-3-1-2-4(5)16/h5H,1-3H2,(H,18,19,20). The van der Waals surface area contributed by atoms with Crippen LogP contribution in [0.15, 0.2) is 0 Å². The number of esters is 1. The van der Waals surface area contributed by atoms with E-state index in [0.717, 1.165) is 0 Å². The van der Waals surface area contributed by atoms with Gasteiger partial charge in [-0.1, -0.05) is 0 Å². The van der Waals surface area contributed by atoms with E-state index in [1.807, 2.05) is 0 Å². The average molecular weight is 358 g/mol. The van der Waals surface area contributed by atoms with Crippen molar-refractivity contribution in [1.29, 1.82) is 0 Å². The molecule has 0 bridgehead atoms. The maximum atomic E-state index is 12.7. The first-order chi connectivity index (χ1) is 9.66. The van der Waals surface area contributed by atoms with Crippen LogP contribution in [-0.2, 0) is 24.4 Å².